The van der Waals surface area contributed by atoms with E-state index >= 15 is 0 Å². The molecular formula is C15H23N. The van der Waals surface area contributed by atoms with Crippen LogP contribution < -0.4 is 5.32 Å². The van der Waals surface area contributed by atoms with Crippen LogP contribution in [0.1, 0.15) is 51.0 Å². The van der Waals surface area contributed by atoms with Crippen LogP contribution in [0.3, 0.4) is 0 Å². The molecular weight excluding hydrogens is 194 g/mol. The third-order valence-electron chi connectivity index (χ3n) is 3.54. The minimum Gasteiger partial charge on any atom is -0.311 e. The summed E-state index contributed by atoms with van der Waals surface area (Å²) in [4.78, 5) is 0. The first-order chi connectivity index (χ1) is 7.77. The van der Waals surface area contributed by atoms with Crippen molar-refractivity contribution >= 4 is 0 Å². The predicted molar refractivity (Wildman–Crippen MR) is 69.7 cm³/mol. The quantitative estimate of drug-likeness (QED) is 0.814. The van der Waals surface area contributed by atoms with E-state index in [0.717, 1.165) is 5.92 Å². The van der Waals surface area contributed by atoms with Gasteiger partial charge in [0.15, 0.2) is 0 Å². The zero-order valence-corrected chi connectivity index (χ0v) is 10.4. The molecule has 1 N–H and O–H groups in total. The van der Waals surface area contributed by atoms with Gasteiger partial charge in [-0.2, -0.15) is 0 Å². The standard InChI is InChI=1S/C15H23N/c1-12(2)16-15-11-7-6-10-14(15)13-8-4-3-5-9-13/h3-5,8-9,12,14-16H,6-7,10-11H2,1-2H3/t14-,15+/m0/s1. The van der Waals surface area contributed by atoms with E-state index in [1.807, 2.05) is 0 Å². The largest absolute Gasteiger partial charge is 0.311 e. The van der Waals surface area contributed by atoms with Crippen LogP contribution in [0, 0.1) is 0 Å². The highest BCUT2D eigenvalue weighted by molar-refractivity contribution is 5.22. The van der Waals surface area contributed by atoms with Crippen LogP contribution in [0.2, 0.25) is 0 Å². The molecule has 0 spiro atoms. The zero-order chi connectivity index (χ0) is 11.4. The molecule has 1 nitrogen and oxygen atoms in total. The van der Waals surface area contributed by atoms with Crippen molar-refractivity contribution in [2.24, 2.45) is 0 Å². The van der Waals surface area contributed by atoms with Gasteiger partial charge in [0.2, 0.25) is 0 Å². The van der Waals surface area contributed by atoms with Gasteiger partial charge in [-0.15, -0.1) is 0 Å². The molecule has 0 unspecified atom stereocenters. The first-order valence-corrected chi connectivity index (χ1v) is 6.58. The SMILES string of the molecule is CC(C)N[C@@H]1CCCC[C@H]1c1ccccc1. The molecule has 0 aromatic heterocycles. The summed E-state index contributed by atoms with van der Waals surface area (Å²) < 4.78 is 0. The average Bonchev–Trinajstić information content (AvgIpc) is 2.30. The molecule has 88 valence electrons. The van der Waals surface area contributed by atoms with Crippen molar-refractivity contribution in [3.05, 3.63) is 35.9 Å². The summed E-state index contributed by atoms with van der Waals surface area (Å²) in [7, 11) is 0. The molecule has 2 atom stereocenters. The molecule has 0 amide bonds. The molecule has 1 aromatic rings. The fourth-order valence-electron chi connectivity index (χ4n) is 2.86. The second-order valence-corrected chi connectivity index (χ2v) is 5.23. The van der Waals surface area contributed by atoms with Crippen LogP contribution in [-0.2, 0) is 0 Å². The maximum Gasteiger partial charge on any atom is 0.0138 e. The number of hydrogen-bond donors (Lipinski definition) is 1. The summed E-state index contributed by atoms with van der Waals surface area (Å²) in [6.45, 7) is 4.49. The first-order valence-electron chi connectivity index (χ1n) is 6.58. The van der Waals surface area contributed by atoms with Gasteiger partial charge in [-0.25, -0.2) is 0 Å². The molecule has 0 heterocycles. The molecule has 1 heteroatoms. The highest BCUT2D eigenvalue weighted by Crippen LogP contribution is 2.33. The molecule has 0 bridgehead atoms. The van der Waals surface area contributed by atoms with Gasteiger partial charge in [-0.05, 0) is 24.3 Å². The van der Waals surface area contributed by atoms with Crippen molar-refractivity contribution in [3.63, 3.8) is 0 Å². The monoisotopic (exact) mass is 217 g/mol. The van der Waals surface area contributed by atoms with E-state index in [1.165, 1.54) is 31.2 Å². The van der Waals surface area contributed by atoms with E-state index in [-0.39, 0.29) is 0 Å². The molecule has 0 radical (unpaired) electrons. The Labute approximate surface area is 99.3 Å². The normalized spacial score (nSPS) is 25.9. The van der Waals surface area contributed by atoms with Gasteiger partial charge >= 0.3 is 0 Å². The lowest BCUT2D eigenvalue weighted by Gasteiger charge is -2.34. The zero-order valence-electron chi connectivity index (χ0n) is 10.4. The molecule has 0 saturated heterocycles. The van der Waals surface area contributed by atoms with E-state index in [2.05, 4.69) is 49.5 Å². The average molecular weight is 217 g/mol. The van der Waals surface area contributed by atoms with E-state index in [0.29, 0.717) is 12.1 Å². The predicted octanol–water partition coefficient (Wildman–Crippen LogP) is 3.71. The number of nitrogens with one attached hydrogen (secondary N) is 1. The van der Waals surface area contributed by atoms with Crippen LogP contribution in [0.5, 0.6) is 0 Å². The maximum absolute atomic E-state index is 3.73. The van der Waals surface area contributed by atoms with Crippen molar-refractivity contribution in [1.82, 2.24) is 5.32 Å². The number of hydrogen-bond acceptors (Lipinski definition) is 1. The Bertz CT molecular complexity index is 304. The summed E-state index contributed by atoms with van der Waals surface area (Å²) in [6.07, 6.45) is 5.44. The second-order valence-electron chi connectivity index (χ2n) is 5.23. The van der Waals surface area contributed by atoms with E-state index in [9.17, 15) is 0 Å². The molecule has 1 saturated carbocycles. The van der Waals surface area contributed by atoms with Gasteiger partial charge in [0.25, 0.3) is 0 Å². The lowest BCUT2D eigenvalue weighted by Crippen LogP contribution is -2.41. The van der Waals surface area contributed by atoms with Crippen LogP contribution >= 0.6 is 0 Å². The summed E-state index contributed by atoms with van der Waals surface area (Å²) in [6, 6.07) is 12.3. The van der Waals surface area contributed by atoms with Gasteiger partial charge in [-0.3, -0.25) is 0 Å². The summed E-state index contributed by atoms with van der Waals surface area (Å²) >= 11 is 0. The van der Waals surface area contributed by atoms with E-state index in [4.69, 9.17) is 0 Å². The molecule has 16 heavy (non-hydrogen) atoms. The van der Waals surface area contributed by atoms with E-state index in [1.54, 1.807) is 0 Å². The van der Waals surface area contributed by atoms with Gasteiger partial charge in [0, 0.05) is 12.1 Å². The van der Waals surface area contributed by atoms with Crippen molar-refractivity contribution in [2.45, 2.75) is 57.5 Å². The molecule has 1 aromatic carbocycles. The Morgan fingerprint density at radius 2 is 1.75 bits per heavy atom. The summed E-state index contributed by atoms with van der Waals surface area (Å²) in [5, 5.41) is 3.73. The van der Waals surface area contributed by atoms with Gasteiger partial charge < -0.3 is 5.32 Å². The number of rotatable bonds is 3. The molecule has 1 fully saturated rings. The minimum absolute atomic E-state index is 0.592. The molecule has 1 aliphatic rings. The van der Waals surface area contributed by atoms with Crippen molar-refractivity contribution in [2.75, 3.05) is 0 Å². The Morgan fingerprint density at radius 1 is 1.06 bits per heavy atom. The Hall–Kier alpha value is -0.820. The highest BCUT2D eigenvalue weighted by Gasteiger charge is 2.26. The van der Waals surface area contributed by atoms with Crippen LogP contribution in [0.25, 0.3) is 0 Å². The van der Waals surface area contributed by atoms with Crippen molar-refractivity contribution < 1.29 is 0 Å². The first kappa shape index (κ1) is 11.7. The molecule has 1 aliphatic carbocycles. The third kappa shape index (κ3) is 2.85. The molecule has 0 aliphatic heterocycles. The Morgan fingerprint density at radius 3 is 2.44 bits per heavy atom. The molecule has 2 rings (SSSR count). The summed E-state index contributed by atoms with van der Waals surface area (Å²) in [5.41, 5.74) is 1.51. The van der Waals surface area contributed by atoms with Gasteiger partial charge in [0.05, 0.1) is 0 Å². The van der Waals surface area contributed by atoms with Crippen molar-refractivity contribution in [3.8, 4) is 0 Å². The van der Waals surface area contributed by atoms with E-state index < -0.39 is 0 Å². The lowest BCUT2D eigenvalue weighted by molar-refractivity contribution is 0.310. The number of benzene rings is 1. The second kappa shape index (κ2) is 5.49. The Kier molecular flexibility index (Phi) is 4.00. The van der Waals surface area contributed by atoms with Crippen LogP contribution in [-0.4, -0.2) is 12.1 Å². The minimum atomic E-state index is 0.592. The van der Waals surface area contributed by atoms with Gasteiger partial charge in [-0.1, -0.05) is 57.0 Å². The fraction of sp³-hybridized carbons (Fsp3) is 0.600. The Balaban J connectivity index is 2.10. The van der Waals surface area contributed by atoms with Crippen molar-refractivity contribution in [1.29, 1.82) is 0 Å². The maximum atomic E-state index is 3.73. The smallest absolute Gasteiger partial charge is 0.0138 e. The topological polar surface area (TPSA) is 12.0 Å². The summed E-state index contributed by atoms with van der Waals surface area (Å²) in [5.74, 6) is 0.720. The van der Waals surface area contributed by atoms with Crippen LogP contribution in [0.4, 0.5) is 0 Å². The third-order valence-corrected chi connectivity index (χ3v) is 3.54. The van der Waals surface area contributed by atoms with Crippen LogP contribution in [0.15, 0.2) is 30.3 Å². The fourth-order valence-corrected chi connectivity index (χ4v) is 2.86. The lowest BCUT2D eigenvalue weighted by atomic mass is 9.80. The highest BCUT2D eigenvalue weighted by atomic mass is 14.9. The van der Waals surface area contributed by atoms with Gasteiger partial charge in [0.1, 0.15) is 0 Å².